The van der Waals surface area contributed by atoms with Crippen molar-refractivity contribution in [2.45, 2.75) is 0 Å². The Morgan fingerprint density at radius 2 is 1.47 bits per heavy atom. The lowest BCUT2D eigenvalue weighted by atomic mass is 10.0. The van der Waals surface area contributed by atoms with Crippen LogP contribution in [0.1, 0.15) is 27.3 Å². The third-order valence-electron chi connectivity index (χ3n) is 6.80. The van der Waals surface area contributed by atoms with Gasteiger partial charge < -0.3 is 24.3 Å². The minimum atomic E-state index is -0.512. The fourth-order valence-corrected chi connectivity index (χ4v) is 5.15. The second-order valence-corrected chi connectivity index (χ2v) is 10.3. The van der Waals surface area contributed by atoms with Crippen molar-refractivity contribution in [1.29, 1.82) is 0 Å². The van der Waals surface area contributed by atoms with E-state index >= 15 is 0 Å². The van der Waals surface area contributed by atoms with Crippen molar-refractivity contribution >= 4 is 40.5 Å². The second-order valence-electron chi connectivity index (χ2n) is 9.50. The van der Waals surface area contributed by atoms with E-state index < -0.39 is 4.92 Å². The second kappa shape index (κ2) is 13.7. The molecule has 0 atom stereocenters. The molecule has 1 heterocycles. The summed E-state index contributed by atoms with van der Waals surface area (Å²) in [6, 6.07) is 23.9. The van der Waals surface area contributed by atoms with Crippen LogP contribution in [0.3, 0.4) is 0 Å². The number of carbonyl (C=O) groups is 1. The van der Waals surface area contributed by atoms with Gasteiger partial charge in [0.05, 0.1) is 33.4 Å². The molecule has 1 amide bonds. The van der Waals surface area contributed by atoms with Crippen LogP contribution >= 0.6 is 11.5 Å². The van der Waals surface area contributed by atoms with E-state index in [1.165, 1.54) is 35.8 Å². The van der Waals surface area contributed by atoms with Gasteiger partial charge in [-0.3, -0.25) is 14.9 Å². The maximum atomic E-state index is 12.6. The highest BCUT2D eigenvalue weighted by Crippen LogP contribution is 2.41. The smallest absolute Gasteiger partial charge is 0.269 e. The largest absolute Gasteiger partial charge is 0.497 e. The molecule has 11 nitrogen and oxygen atoms in total. The molecule has 0 saturated carbocycles. The summed E-state index contributed by atoms with van der Waals surface area (Å²) in [6.45, 7) is 0. The Morgan fingerprint density at radius 3 is 2.02 bits per heavy atom. The van der Waals surface area contributed by atoms with E-state index in [2.05, 4.69) is 9.69 Å². The monoisotopic (exact) mass is 624 g/mol. The maximum absolute atomic E-state index is 12.6. The first-order chi connectivity index (χ1) is 21.8. The summed E-state index contributed by atoms with van der Waals surface area (Å²) in [5.74, 6) is 2.32. The molecule has 0 unspecified atom stereocenters. The number of amides is 1. The molecule has 0 aliphatic carbocycles. The predicted molar refractivity (Wildman–Crippen MR) is 172 cm³/mol. The van der Waals surface area contributed by atoms with Gasteiger partial charge in [-0.05, 0) is 89.4 Å². The summed E-state index contributed by atoms with van der Waals surface area (Å²) in [6.07, 6.45) is 1.97. The van der Waals surface area contributed by atoms with Crippen LogP contribution in [0.2, 0.25) is 0 Å². The molecule has 12 heteroatoms. The van der Waals surface area contributed by atoms with Gasteiger partial charge in [0.1, 0.15) is 10.8 Å². The van der Waals surface area contributed by atoms with Gasteiger partial charge in [-0.2, -0.15) is 4.37 Å². The van der Waals surface area contributed by atoms with E-state index in [1.807, 2.05) is 54.6 Å². The van der Waals surface area contributed by atoms with Gasteiger partial charge in [-0.1, -0.05) is 12.1 Å². The third kappa shape index (κ3) is 6.92. The molecule has 0 aliphatic heterocycles. The van der Waals surface area contributed by atoms with Crippen LogP contribution in [-0.2, 0) is 0 Å². The number of methoxy groups -OCH3 is 4. The summed E-state index contributed by atoms with van der Waals surface area (Å²) in [5, 5.41) is 14.4. The molecule has 0 saturated heterocycles. The number of ether oxygens (including phenoxy) is 4. The average molecular weight is 625 g/mol. The summed E-state index contributed by atoms with van der Waals surface area (Å²) >= 11 is 1.24. The van der Waals surface area contributed by atoms with Gasteiger partial charge in [-0.25, -0.2) is 4.98 Å². The van der Waals surface area contributed by atoms with Gasteiger partial charge in [0, 0.05) is 34.5 Å². The number of aromatic nitrogens is 2. The first kappa shape index (κ1) is 30.7. The van der Waals surface area contributed by atoms with Crippen LogP contribution < -0.4 is 24.3 Å². The molecule has 45 heavy (non-hydrogen) atoms. The van der Waals surface area contributed by atoms with Crippen LogP contribution in [-0.4, -0.2) is 48.6 Å². The molecular weight excluding hydrogens is 596 g/mol. The van der Waals surface area contributed by atoms with Gasteiger partial charge in [-0.15, -0.1) is 0 Å². The van der Waals surface area contributed by atoms with Crippen LogP contribution in [0.25, 0.3) is 22.2 Å². The SMILES string of the molecule is COc1ccc(/C=C(\c2cc(OC)c(OC)c(OC)c2)c2nsc(-c3ccc(NC(=O)c4ccc([N+](=O)[O-])cc4)cc3)n2)cc1. The molecule has 4 aromatic carbocycles. The minimum absolute atomic E-state index is 0.0837. The highest BCUT2D eigenvalue weighted by atomic mass is 32.1. The zero-order valence-electron chi connectivity index (χ0n) is 24.8. The maximum Gasteiger partial charge on any atom is 0.269 e. The Balaban J connectivity index is 1.45. The average Bonchev–Trinajstić information content (AvgIpc) is 3.57. The van der Waals surface area contributed by atoms with E-state index in [-0.39, 0.29) is 11.6 Å². The number of nitro benzene ring substituents is 1. The Labute approximate surface area is 263 Å². The molecule has 0 spiro atoms. The Bertz CT molecular complexity index is 1830. The number of nitrogens with one attached hydrogen (secondary N) is 1. The molecule has 228 valence electrons. The van der Waals surface area contributed by atoms with Crippen LogP contribution in [0, 0.1) is 10.1 Å². The van der Waals surface area contributed by atoms with Crippen molar-refractivity contribution in [2.24, 2.45) is 0 Å². The van der Waals surface area contributed by atoms with Crippen molar-refractivity contribution in [3.05, 3.63) is 118 Å². The Morgan fingerprint density at radius 1 is 0.822 bits per heavy atom. The van der Waals surface area contributed by atoms with Gasteiger partial charge in [0.15, 0.2) is 17.3 Å². The van der Waals surface area contributed by atoms with E-state index in [0.29, 0.717) is 39.3 Å². The van der Waals surface area contributed by atoms with E-state index in [0.717, 1.165) is 28.0 Å². The molecule has 5 rings (SSSR count). The number of hydrogen-bond donors (Lipinski definition) is 1. The number of benzene rings is 4. The number of rotatable bonds is 11. The van der Waals surface area contributed by atoms with Crippen molar-refractivity contribution < 1.29 is 28.7 Å². The molecule has 5 aromatic rings. The predicted octanol–water partition coefficient (Wildman–Crippen LogP) is 6.99. The highest BCUT2D eigenvalue weighted by molar-refractivity contribution is 7.09. The van der Waals surface area contributed by atoms with E-state index in [1.54, 1.807) is 40.6 Å². The first-order valence-electron chi connectivity index (χ1n) is 13.5. The topological polar surface area (TPSA) is 135 Å². The van der Waals surface area contributed by atoms with Gasteiger partial charge >= 0.3 is 0 Å². The number of hydrogen-bond acceptors (Lipinski definition) is 10. The van der Waals surface area contributed by atoms with Crippen LogP contribution in [0.15, 0.2) is 84.9 Å². The molecule has 1 N–H and O–H groups in total. The molecule has 0 aliphatic rings. The van der Waals surface area contributed by atoms with Crippen molar-refractivity contribution in [3.63, 3.8) is 0 Å². The lowest BCUT2D eigenvalue weighted by Gasteiger charge is -2.15. The summed E-state index contributed by atoms with van der Waals surface area (Å²) in [4.78, 5) is 27.9. The molecule has 0 radical (unpaired) electrons. The number of nitro groups is 1. The standard InChI is InChI=1S/C33H28N4O7S/c1-41-26-15-5-20(6-16-26)17-27(23-18-28(42-2)30(44-4)29(19-23)43-3)31-35-33(45-36-31)22-7-11-24(12-8-22)34-32(38)21-9-13-25(14-10-21)37(39)40/h5-19H,1-4H3,(H,34,38)/b27-17+. The lowest BCUT2D eigenvalue weighted by Crippen LogP contribution is -2.11. The van der Waals surface area contributed by atoms with Crippen molar-refractivity contribution in [1.82, 2.24) is 9.36 Å². The molecule has 0 bridgehead atoms. The van der Waals surface area contributed by atoms with Crippen LogP contribution in [0.4, 0.5) is 11.4 Å². The fraction of sp³-hybridized carbons (Fsp3) is 0.121. The Hall–Kier alpha value is -5.75. The quantitative estimate of drug-likeness (QED) is 0.0937. The van der Waals surface area contributed by atoms with E-state index in [9.17, 15) is 14.9 Å². The molecule has 1 aromatic heterocycles. The first-order valence-corrected chi connectivity index (χ1v) is 14.3. The summed E-state index contributed by atoms with van der Waals surface area (Å²) in [5.41, 5.74) is 3.98. The number of anilines is 1. The Kier molecular flexibility index (Phi) is 9.34. The molecular formula is C33H28N4O7S. The lowest BCUT2D eigenvalue weighted by molar-refractivity contribution is -0.384. The van der Waals surface area contributed by atoms with Gasteiger partial charge in [0.2, 0.25) is 5.75 Å². The zero-order chi connectivity index (χ0) is 31.9. The minimum Gasteiger partial charge on any atom is -0.497 e. The van der Waals surface area contributed by atoms with E-state index in [4.69, 9.17) is 23.9 Å². The summed E-state index contributed by atoms with van der Waals surface area (Å²) in [7, 11) is 6.29. The number of carbonyl (C=O) groups excluding carboxylic acids is 1. The van der Waals surface area contributed by atoms with Crippen molar-refractivity contribution in [2.75, 3.05) is 33.8 Å². The normalized spacial score (nSPS) is 11.1. The highest BCUT2D eigenvalue weighted by Gasteiger charge is 2.20. The molecule has 0 fully saturated rings. The summed E-state index contributed by atoms with van der Waals surface area (Å²) < 4.78 is 26.7. The van der Waals surface area contributed by atoms with Crippen molar-refractivity contribution in [3.8, 4) is 33.6 Å². The van der Waals surface area contributed by atoms with Gasteiger partial charge in [0.25, 0.3) is 11.6 Å². The third-order valence-corrected chi connectivity index (χ3v) is 7.56. The number of non-ortho nitro benzene ring substituents is 1. The van der Waals surface area contributed by atoms with Crippen LogP contribution in [0.5, 0.6) is 23.0 Å². The fourth-order valence-electron chi connectivity index (χ4n) is 4.46. The zero-order valence-corrected chi connectivity index (χ0v) is 25.6. The number of nitrogens with zero attached hydrogens (tertiary/aromatic N) is 3.